The third kappa shape index (κ3) is 8.46. The van der Waals surface area contributed by atoms with Crippen molar-refractivity contribution >= 4 is 17.8 Å². The molecular formula is C31H38F2N4O6. The summed E-state index contributed by atoms with van der Waals surface area (Å²) in [4.78, 5) is 38.4. The molecule has 2 amide bonds. The number of aliphatic hydroxyl groups excluding tert-OH is 2. The van der Waals surface area contributed by atoms with Gasteiger partial charge in [-0.1, -0.05) is 51.1 Å². The molecule has 3 rings (SSSR count). The Kier molecular flexibility index (Phi) is 11.1. The van der Waals surface area contributed by atoms with E-state index in [0.29, 0.717) is 17.8 Å². The summed E-state index contributed by atoms with van der Waals surface area (Å²) in [5.41, 5.74) is 7.26. The summed E-state index contributed by atoms with van der Waals surface area (Å²) in [5, 5.41) is 30.4. The van der Waals surface area contributed by atoms with E-state index in [2.05, 4.69) is 5.32 Å². The lowest BCUT2D eigenvalue weighted by molar-refractivity contribution is -0.143. The Hall–Kier alpha value is -4.13. The molecule has 0 saturated heterocycles. The smallest absolute Gasteiger partial charge is 0.328 e. The molecule has 0 radical (unpaired) electrons. The van der Waals surface area contributed by atoms with Gasteiger partial charge in [0.15, 0.2) is 0 Å². The summed E-state index contributed by atoms with van der Waals surface area (Å²) in [7, 11) is 0. The fraction of sp³-hybridized carbons (Fsp3) is 0.387. The van der Waals surface area contributed by atoms with Crippen LogP contribution in [0, 0.1) is 17.0 Å². The van der Waals surface area contributed by atoms with Gasteiger partial charge in [-0.05, 0) is 41.7 Å². The number of halogens is 2. The molecule has 0 aliphatic heterocycles. The van der Waals surface area contributed by atoms with Crippen molar-refractivity contribution < 1.29 is 38.5 Å². The van der Waals surface area contributed by atoms with Crippen molar-refractivity contribution in [2.24, 2.45) is 11.1 Å². The van der Waals surface area contributed by atoms with Crippen molar-refractivity contribution in [1.29, 1.82) is 0 Å². The number of benzene rings is 2. The van der Waals surface area contributed by atoms with Gasteiger partial charge in [0.2, 0.25) is 11.8 Å². The average Bonchev–Trinajstić information content (AvgIpc) is 3.36. The number of carboxylic acids is 1. The number of hydrogen-bond donors (Lipinski definition) is 5. The highest BCUT2D eigenvalue weighted by Gasteiger charge is 2.37. The number of carboxylic acid groups (broad SMARTS) is 1. The molecule has 2 aromatic carbocycles. The Bertz CT molecular complexity index is 1420. The SMILES string of the molecule is CC(C)(C)[C@H](c1cc(-c2cc(F)ccc2F)cn1Cc1ccccc1)N(CC[C@H](N)C(=O)N[C@@H](CO)C(=O)O)C(=O)CO. The van der Waals surface area contributed by atoms with Crippen molar-refractivity contribution in [3.8, 4) is 11.1 Å². The number of nitrogens with one attached hydrogen (secondary N) is 1. The molecule has 3 atom stereocenters. The van der Waals surface area contributed by atoms with Gasteiger partial charge in [-0.15, -0.1) is 0 Å². The standard InChI is InChI=1S/C31H38F2N4O6/c1-31(2,3)28(37(27(40)18-39)12-11-24(34)29(41)35-25(17-38)30(42)43)26-13-20(22-14-21(32)9-10-23(22)33)16-36(26)15-19-7-5-4-6-8-19/h4-10,13-14,16,24-25,28,38-39H,11-12,15,17-18,34H2,1-3H3,(H,35,41)(H,42,43)/t24-,25-,28-/m0/s1. The van der Waals surface area contributed by atoms with E-state index in [1.54, 1.807) is 12.3 Å². The number of hydrogen-bond acceptors (Lipinski definition) is 6. The normalized spacial score (nSPS) is 13.7. The van der Waals surface area contributed by atoms with E-state index in [1.165, 1.54) is 4.90 Å². The molecule has 1 heterocycles. The van der Waals surface area contributed by atoms with E-state index in [4.69, 9.17) is 10.8 Å². The van der Waals surface area contributed by atoms with Gasteiger partial charge in [-0.25, -0.2) is 13.6 Å². The van der Waals surface area contributed by atoms with E-state index >= 15 is 0 Å². The summed E-state index contributed by atoms with van der Waals surface area (Å²) in [6.45, 7) is 4.19. The Labute approximate surface area is 248 Å². The van der Waals surface area contributed by atoms with E-state index < -0.39 is 66.2 Å². The van der Waals surface area contributed by atoms with Crippen LogP contribution in [0.3, 0.4) is 0 Å². The molecule has 232 valence electrons. The summed E-state index contributed by atoms with van der Waals surface area (Å²) in [6, 6.07) is 10.7. The minimum absolute atomic E-state index is 0.0383. The highest BCUT2D eigenvalue weighted by molar-refractivity contribution is 5.87. The fourth-order valence-corrected chi connectivity index (χ4v) is 4.97. The molecule has 1 aromatic heterocycles. The highest BCUT2D eigenvalue weighted by Crippen LogP contribution is 2.41. The van der Waals surface area contributed by atoms with Crippen LogP contribution in [0.1, 0.15) is 44.5 Å². The zero-order valence-corrected chi connectivity index (χ0v) is 24.3. The topological polar surface area (TPSA) is 158 Å². The quantitative estimate of drug-likeness (QED) is 0.202. The molecule has 0 saturated carbocycles. The molecule has 0 aliphatic rings. The molecule has 0 bridgehead atoms. The number of carbonyl (C=O) groups excluding carboxylic acids is 2. The van der Waals surface area contributed by atoms with Crippen molar-refractivity contribution in [3.63, 3.8) is 0 Å². The molecule has 3 aromatic rings. The molecule has 0 fully saturated rings. The van der Waals surface area contributed by atoms with Crippen LogP contribution in [-0.4, -0.2) is 74.4 Å². The summed E-state index contributed by atoms with van der Waals surface area (Å²) in [6.07, 6.45) is 1.58. The van der Waals surface area contributed by atoms with Crippen LogP contribution in [0.2, 0.25) is 0 Å². The zero-order chi connectivity index (χ0) is 31.9. The van der Waals surface area contributed by atoms with Gasteiger partial charge in [0.1, 0.15) is 24.3 Å². The molecule has 0 aliphatic carbocycles. The number of aliphatic hydroxyl groups is 2. The molecule has 0 unspecified atom stereocenters. The van der Waals surface area contributed by atoms with Gasteiger partial charge in [0, 0.05) is 36.1 Å². The van der Waals surface area contributed by atoms with Crippen LogP contribution in [0.4, 0.5) is 8.78 Å². The van der Waals surface area contributed by atoms with Gasteiger partial charge in [0.05, 0.1) is 18.7 Å². The lowest BCUT2D eigenvalue weighted by Crippen LogP contribution is -2.51. The first kappa shape index (κ1) is 33.4. The van der Waals surface area contributed by atoms with E-state index in [9.17, 15) is 33.4 Å². The van der Waals surface area contributed by atoms with Crippen molar-refractivity contribution in [1.82, 2.24) is 14.8 Å². The number of aromatic nitrogens is 1. The lowest BCUT2D eigenvalue weighted by Gasteiger charge is -2.41. The second-order valence-corrected chi connectivity index (χ2v) is 11.4. The lowest BCUT2D eigenvalue weighted by atomic mass is 9.82. The second kappa shape index (κ2) is 14.4. The monoisotopic (exact) mass is 600 g/mol. The minimum atomic E-state index is -1.54. The number of nitrogens with zero attached hydrogens (tertiary/aromatic N) is 2. The van der Waals surface area contributed by atoms with Crippen molar-refractivity contribution in [2.45, 2.75) is 51.9 Å². The summed E-state index contributed by atoms with van der Waals surface area (Å²) in [5.74, 6) is -4.16. The molecule has 0 spiro atoms. The Morgan fingerprint density at radius 3 is 2.30 bits per heavy atom. The Morgan fingerprint density at radius 2 is 1.72 bits per heavy atom. The maximum absolute atomic E-state index is 14.9. The molecule has 10 nitrogen and oxygen atoms in total. The largest absolute Gasteiger partial charge is 0.480 e. The molecular weight excluding hydrogens is 562 g/mol. The van der Waals surface area contributed by atoms with Crippen LogP contribution in [0.15, 0.2) is 60.8 Å². The van der Waals surface area contributed by atoms with Gasteiger partial charge in [-0.2, -0.15) is 0 Å². The van der Waals surface area contributed by atoms with Gasteiger partial charge in [-0.3, -0.25) is 9.59 Å². The number of aliphatic carboxylic acids is 1. The highest BCUT2D eigenvalue weighted by atomic mass is 19.1. The first-order valence-corrected chi connectivity index (χ1v) is 13.8. The van der Waals surface area contributed by atoms with Crippen LogP contribution in [0.5, 0.6) is 0 Å². The number of nitrogens with two attached hydrogens (primary N) is 1. The number of rotatable bonds is 13. The van der Waals surface area contributed by atoms with Gasteiger partial charge in [0.25, 0.3) is 0 Å². The number of amides is 2. The van der Waals surface area contributed by atoms with Crippen molar-refractivity contribution in [3.05, 3.63) is 83.7 Å². The Balaban J connectivity index is 2.06. The maximum atomic E-state index is 14.9. The third-order valence-electron chi connectivity index (χ3n) is 7.05. The van der Waals surface area contributed by atoms with E-state index in [1.807, 2.05) is 55.7 Å². The predicted octanol–water partition coefficient (Wildman–Crippen LogP) is 2.67. The van der Waals surface area contributed by atoms with Crippen LogP contribution >= 0.6 is 0 Å². The first-order valence-electron chi connectivity index (χ1n) is 13.8. The van der Waals surface area contributed by atoms with Gasteiger partial charge >= 0.3 is 5.97 Å². The zero-order valence-electron chi connectivity index (χ0n) is 24.3. The van der Waals surface area contributed by atoms with Crippen molar-refractivity contribution in [2.75, 3.05) is 19.8 Å². The van der Waals surface area contributed by atoms with Gasteiger partial charge < -0.3 is 35.8 Å². The minimum Gasteiger partial charge on any atom is -0.480 e. The first-order chi connectivity index (χ1) is 20.3. The molecule has 12 heteroatoms. The number of carbonyl (C=O) groups is 3. The van der Waals surface area contributed by atoms with Crippen LogP contribution in [0.25, 0.3) is 11.1 Å². The van der Waals surface area contributed by atoms with E-state index in [0.717, 1.165) is 23.8 Å². The third-order valence-corrected chi connectivity index (χ3v) is 7.05. The maximum Gasteiger partial charge on any atom is 0.328 e. The summed E-state index contributed by atoms with van der Waals surface area (Å²) < 4.78 is 30.9. The molecule has 43 heavy (non-hydrogen) atoms. The van der Waals surface area contributed by atoms with Crippen LogP contribution in [-0.2, 0) is 20.9 Å². The molecule has 6 N–H and O–H groups in total. The Morgan fingerprint density at radius 1 is 1.05 bits per heavy atom. The fourth-order valence-electron chi connectivity index (χ4n) is 4.97. The van der Waals surface area contributed by atoms with Crippen LogP contribution < -0.4 is 11.1 Å². The predicted molar refractivity (Wildman–Crippen MR) is 156 cm³/mol. The average molecular weight is 601 g/mol. The second-order valence-electron chi connectivity index (χ2n) is 11.4. The van der Waals surface area contributed by atoms with E-state index in [-0.39, 0.29) is 18.5 Å². The summed E-state index contributed by atoms with van der Waals surface area (Å²) >= 11 is 0.